The minimum atomic E-state index is -4.66. The van der Waals surface area contributed by atoms with Crippen molar-refractivity contribution in [2.45, 2.75) is 129 Å². The van der Waals surface area contributed by atoms with E-state index in [-0.39, 0.29) is 13.0 Å². The van der Waals surface area contributed by atoms with Gasteiger partial charge in [-0.2, -0.15) is 0 Å². The van der Waals surface area contributed by atoms with Crippen LogP contribution in [0.3, 0.4) is 0 Å². The lowest BCUT2D eigenvalue weighted by Crippen LogP contribution is -2.34. The third-order valence-corrected chi connectivity index (χ3v) is 8.91. The number of aliphatic carboxylic acids is 1. The van der Waals surface area contributed by atoms with Crippen molar-refractivity contribution in [3.8, 4) is 0 Å². The zero-order chi connectivity index (χ0) is 43.3. The first-order valence-corrected chi connectivity index (χ1v) is 22.7. The SMILES string of the molecule is CC/C=C\C/C=C\C/C=C\C/C=C\C/C=C\C/C=C\CCCCCOCC(COP(=O)(O)OCC(N)C(=O)O)OC(=O)C/C=C\C/C=C\C/C=C\C/C=C\C/C=C\CC. The van der Waals surface area contributed by atoms with Crippen LogP contribution < -0.4 is 5.73 Å². The Kier molecular flexibility index (Phi) is 39.5. The normalized spacial score (nSPS) is 15.2. The average molecular weight is 840 g/mol. The fourth-order valence-electron chi connectivity index (χ4n) is 4.74. The third kappa shape index (κ3) is 42.1. The van der Waals surface area contributed by atoms with Crippen LogP contribution in [0.2, 0.25) is 0 Å². The zero-order valence-electron chi connectivity index (χ0n) is 35.8. The Hall–Kier alpha value is -3.89. The summed E-state index contributed by atoms with van der Waals surface area (Å²) in [7, 11) is -4.66. The number of nitrogens with two attached hydrogens (primary N) is 1. The number of carbonyl (C=O) groups excluding carboxylic acids is 1. The molecular weight excluding hydrogens is 765 g/mol. The molecule has 0 rings (SSSR count). The van der Waals surface area contributed by atoms with E-state index in [0.29, 0.717) is 13.0 Å². The predicted molar refractivity (Wildman–Crippen MR) is 244 cm³/mol. The number of ether oxygens (including phenoxy) is 2. The van der Waals surface area contributed by atoms with Gasteiger partial charge < -0.3 is 25.2 Å². The van der Waals surface area contributed by atoms with Crippen LogP contribution in [0.1, 0.15) is 117 Å². The maximum Gasteiger partial charge on any atom is 0.472 e. The molecule has 0 radical (unpaired) electrons. The molecule has 0 aliphatic carbocycles. The van der Waals surface area contributed by atoms with Crippen molar-refractivity contribution in [1.82, 2.24) is 0 Å². The smallest absolute Gasteiger partial charge is 0.472 e. The Morgan fingerprint density at radius 1 is 0.542 bits per heavy atom. The maximum absolute atomic E-state index is 12.6. The summed E-state index contributed by atoms with van der Waals surface area (Å²) in [5, 5.41) is 8.89. The van der Waals surface area contributed by atoms with E-state index < -0.39 is 45.1 Å². The van der Waals surface area contributed by atoms with E-state index >= 15 is 0 Å². The number of phosphoric acid groups is 1. The van der Waals surface area contributed by atoms with E-state index in [9.17, 15) is 19.0 Å². The molecule has 10 nitrogen and oxygen atoms in total. The second-order valence-electron chi connectivity index (χ2n) is 13.4. The summed E-state index contributed by atoms with van der Waals surface area (Å²) >= 11 is 0. The van der Waals surface area contributed by atoms with Gasteiger partial charge in [-0.15, -0.1) is 0 Å². The Balaban J connectivity index is 4.47. The molecule has 59 heavy (non-hydrogen) atoms. The molecule has 330 valence electrons. The Morgan fingerprint density at radius 2 is 0.932 bits per heavy atom. The minimum Gasteiger partial charge on any atom is -0.480 e. The van der Waals surface area contributed by atoms with Crippen LogP contribution in [-0.2, 0) is 32.7 Å². The quantitative estimate of drug-likeness (QED) is 0.0237. The molecule has 0 aromatic heterocycles. The van der Waals surface area contributed by atoms with Crippen molar-refractivity contribution in [2.75, 3.05) is 26.4 Å². The Bertz CT molecular complexity index is 1440. The van der Waals surface area contributed by atoms with E-state index in [0.717, 1.165) is 89.9 Å². The van der Waals surface area contributed by atoms with Gasteiger partial charge in [0.1, 0.15) is 12.1 Å². The van der Waals surface area contributed by atoms with Crippen LogP contribution in [-0.4, -0.2) is 60.5 Å². The first-order chi connectivity index (χ1) is 28.7. The highest BCUT2D eigenvalue weighted by Crippen LogP contribution is 2.43. The van der Waals surface area contributed by atoms with E-state index in [1.807, 2.05) is 12.2 Å². The summed E-state index contributed by atoms with van der Waals surface area (Å²) in [4.78, 5) is 33.4. The lowest BCUT2D eigenvalue weighted by molar-refractivity contribution is -0.153. The van der Waals surface area contributed by atoms with Gasteiger partial charge in [0, 0.05) is 6.61 Å². The Labute approximate surface area is 356 Å². The van der Waals surface area contributed by atoms with E-state index in [4.69, 9.17) is 24.8 Å². The van der Waals surface area contributed by atoms with Crippen LogP contribution in [0.5, 0.6) is 0 Å². The highest BCUT2D eigenvalue weighted by molar-refractivity contribution is 7.47. The van der Waals surface area contributed by atoms with Gasteiger partial charge in [0.25, 0.3) is 0 Å². The molecule has 0 bridgehead atoms. The van der Waals surface area contributed by atoms with Crippen LogP contribution in [0, 0.1) is 0 Å². The highest BCUT2D eigenvalue weighted by atomic mass is 31.2. The molecule has 0 fully saturated rings. The number of phosphoric ester groups is 1. The van der Waals surface area contributed by atoms with E-state index in [1.54, 1.807) is 6.08 Å². The van der Waals surface area contributed by atoms with Gasteiger partial charge in [0.15, 0.2) is 0 Å². The van der Waals surface area contributed by atoms with Crippen molar-refractivity contribution in [2.24, 2.45) is 5.73 Å². The van der Waals surface area contributed by atoms with Crippen molar-refractivity contribution in [3.63, 3.8) is 0 Å². The standard InChI is InChI=1S/C48H74NO9P/c1-3-5-7-9-11-13-15-17-19-20-21-22-23-24-25-27-29-31-33-35-37-39-41-55-42-45(43-56-59(53,54)57-44-46(49)48(51)52)58-47(50)40-38-36-34-32-30-28-26-18-16-14-12-10-8-6-4-2/h5-8,11-14,17-19,21-22,24-26,29-32,36,38,45-46H,3-4,9-10,15-16,20,23,27-28,33-35,37,39-44,49H2,1-2H3,(H,51,52)(H,53,54)/b7-5-,8-6-,13-11-,14-12-,19-17-,22-21-,25-24-,26-18-,31-29-,32-30-,38-36-. The van der Waals surface area contributed by atoms with Gasteiger partial charge in [-0.05, 0) is 89.9 Å². The van der Waals surface area contributed by atoms with Gasteiger partial charge in [0.05, 0.1) is 26.2 Å². The first-order valence-electron chi connectivity index (χ1n) is 21.2. The number of hydrogen-bond acceptors (Lipinski definition) is 8. The number of rotatable bonds is 38. The summed E-state index contributed by atoms with van der Waals surface area (Å²) in [5.41, 5.74) is 5.34. The van der Waals surface area contributed by atoms with Crippen LogP contribution in [0.25, 0.3) is 0 Å². The van der Waals surface area contributed by atoms with Gasteiger partial charge in [-0.25, -0.2) is 4.57 Å². The molecule has 0 aromatic rings. The van der Waals surface area contributed by atoms with Gasteiger partial charge in [0.2, 0.25) is 0 Å². The second kappa shape index (κ2) is 42.2. The molecule has 4 N–H and O–H groups in total. The zero-order valence-corrected chi connectivity index (χ0v) is 36.7. The Morgan fingerprint density at radius 3 is 1.36 bits per heavy atom. The lowest BCUT2D eigenvalue weighted by atomic mass is 10.2. The number of carboxylic acid groups (broad SMARTS) is 1. The monoisotopic (exact) mass is 840 g/mol. The summed E-state index contributed by atoms with van der Waals surface area (Å²) in [6.45, 7) is 3.40. The van der Waals surface area contributed by atoms with Crippen molar-refractivity contribution < 1.29 is 42.7 Å². The van der Waals surface area contributed by atoms with E-state index in [2.05, 4.69) is 134 Å². The molecule has 0 aliphatic rings. The van der Waals surface area contributed by atoms with Crippen molar-refractivity contribution in [3.05, 3.63) is 134 Å². The molecule has 0 aliphatic heterocycles. The molecule has 0 heterocycles. The largest absolute Gasteiger partial charge is 0.480 e. The van der Waals surface area contributed by atoms with E-state index in [1.165, 1.54) is 0 Å². The predicted octanol–water partition coefficient (Wildman–Crippen LogP) is 11.9. The third-order valence-electron chi connectivity index (χ3n) is 7.96. The number of carbonyl (C=O) groups is 2. The first kappa shape index (κ1) is 55.1. The summed E-state index contributed by atoms with van der Waals surface area (Å²) in [6.07, 6.45) is 59.7. The molecule has 11 heteroatoms. The molecule has 0 aromatic carbocycles. The maximum atomic E-state index is 12.6. The number of hydrogen-bond donors (Lipinski definition) is 3. The molecular formula is C48H74NO9P. The summed E-state index contributed by atoms with van der Waals surface area (Å²) < 4.78 is 33.1. The highest BCUT2D eigenvalue weighted by Gasteiger charge is 2.27. The number of allylic oxidation sites excluding steroid dienone is 21. The molecule has 0 saturated heterocycles. The molecule has 0 saturated carbocycles. The van der Waals surface area contributed by atoms with Gasteiger partial charge >= 0.3 is 19.8 Å². The van der Waals surface area contributed by atoms with Crippen molar-refractivity contribution in [1.29, 1.82) is 0 Å². The number of esters is 1. The fraction of sp³-hybridized carbons (Fsp3) is 0.500. The minimum absolute atomic E-state index is 0.000625. The summed E-state index contributed by atoms with van der Waals surface area (Å²) in [6, 6.07) is -1.50. The fourth-order valence-corrected chi connectivity index (χ4v) is 5.52. The number of carboxylic acids is 1. The molecule has 0 amide bonds. The van der Waals surface area contributed by atoms with Gasteiger partial charge in [-0.1, -0.05) is 154 Å². The average Bonchev–Trinajstić information content (AvgIpc) is 3.21. The molecule has 0 spiro atoms. The van der Waals surface area contributed by atoms with Crippen molar-refractivity contribution >= 4 is 19.8 Å². The second-order valence-corrected chi connectivity index (χ2v) is 14.8. The molecule has 3 unspecified atom stereocenters. The van der Waals surface area contributed by atoms with Crippen LogP contribution >= 0.6 is 7.82 Å². The number of unbranched alkanes of at least 4 members (excludes halogenated alkanes) is 3. The van der Waals surface area contributed by atoms with Crippen LogP contribution in [0.15, 0.2) is 134 Å². The van der Waals surface area contributed by atoms with Crippen LogP contribution in [0.4, 0.5) is 0 Å². The lowest BCUT2D eigenvalue weighted by Gasteiger charge is -2.20. The van der Waals surface area contributed by atoms with Gasteiger partial charge in [-0.3, -0.25) is 18.6 Å². The molecule has 3 atom stereocenters. The topological polar surface area (TPSA) is 155 Å². The summed E-state index contributed by atoms with van der Waals surface area (Å²) in [5.74, 6) is -1.95.